The zero-order valence-electron chi connectivity index (χ0n) is 29.3. The van der Waals surface area contributed by atoms with Crippen LogP contribution in [0.2, 0.25) is 0 Å². The topological polar surface area (TPSA) is 155 Å². The number of aliphatic imine (C=N–C) groups is 1. The third-order valence-electron chi connectivity index (χ3n) is 10.6. The summed E-state index contributed by atoms with van der Waals surface area (Å²) in [5.74, 6) is -0.0652. The zero-order valence-corrected chi connectivity index (χ0v) is 29.3. The number of ether oxygens (including phenoxy) is 1. The largest absolute Gasteiger partial charge is 0.504 e. The molecule has 3 aliphatic rings. The van der Waals surface area contributed by atoms with E-state index in [1.54, 1.807) is 12.1 Å². The number of phenols is 1. The Bertz CT molecular complexity index is 1530. The molecule has 2 aromatic carbocycles. The molecule has 0 radical (unpaired) electrons. The molecule has 2 aliphatic heterocycles. The summed E-state index contributed by atoms with van der Waals surface area (Å²) in [4.78, 5) is 20.2. The number of rotatable bonds is 19. The molecule has 266 valence electrons. The maximum absolute atomic E-state index is 13.4. The number of benzene rings is 2. The first-order valence-electron chi connectivity index (χ1n) is 18.3. The maximum atomic E-state index is 13.4. The Morgan fingerprint density at radius 2 is 1.84 bits per heavy atom. The lowest BCUT2D eigenvalue weighted by atomic mass is 9.71. The lowest BCUT2D eigenvalue weighted by Gasteiger charge is -2.32. The lowest BCUT2D eigenvalue weighted by molar-refractivity contribution is -0.127. The molecule has 9 nitrogen and oxygen atoms in total. The minimum Gasteiger partial charge on any atom is -0.504 e. The molecule has 0 saturated heterocycles. The number of fused-ring (bicyclic) bond motifs is 1. The van der Waals surface area contributed by atoms with Gasteiger partial charge in [0.15, 0.2) is 18.2 Å². The molecular weight excluding hydrogens is 616 g/mol. The van der Waals surface area contributed by atoms with Crippen molar-refractivity contribution in [3.8, 4) is 11.5 Å². The summed E-state index contributed by atoms with van der Waals surface area (Å²) >= 11 is 0. The predicted molar refractivity (Wildman–Crippen MR) is 194 cm³/mol. The van der Waals surface area contributed by atoms with Gasteiger partial charge in [0.05, 0.1) is 24.1 Å². The van der Waals surface area contributed by atoms with Gasteiger partial charge in [0.25, 0.3) is 0 Å². The van der Waals surface area contributed by atoms with E-state index in [0.717, 1.165) is 68.2 Å². The molecule has 1 fully saturated rings. The van der Waals surface area contributed by atoms with E-state index in [-0.39, 0.29) is 36.5 Å². The number of aliphatic hydroxyl groups is 2. The van der Waals surface area contributed by atoms with E-state index in [9.17, 15) is 20.1 Å². The number of ketones is 1. The van der Waals surface area contributed by atoms with Gasteiger partial charge >= 0.3 is 0 Å². The Morgan fingerprint density at radius 3 is 2.57 bits per heavy atom. The number of Topliss-reactive ketones (excluding diaryl/α,β-unsaturated/α-hetero) is 1. The van der Waals surface area contributed by atoms with Crippen LogP contribution in [0.15, 0.2) is 70.5 Å². The molecule has 5 rings (SSSR count). The summed E-state index contributed by atoms with van der Waals surface area (Å²) in [6, 6.07) is 13.6. The number of carbonyl (C=O) groups excluding carboxylic acids is 1. The highest BCUT2D eigenvalue weighted by Gasteiger charge is 2.43. The number of hydrogen-bond acceptors (Lipinski definition) is 9. The highest BCUT2D eigenvalue weighted by Crippen LogP contribution is 2.50. The van der Waals surface area contributed by atoms with Crippen molar-refractivity contribution in [3.05, 3.63) is 82.2 Å². The zero-order chi connectivity index (χ0) is 35.0. The molecule has 9 heteroatoms. The molecule has 3 atom stereocenters. The standard InChI is InChI=1S/C40H56N4O5/c1-3-5-6-13-31(37(48)22-30(45)10-4-2)35(46)16-14-27-15-17-36(47)38(20-27)49-26-44-24-32-33(23-43-34(32)25-44)40(18-7-8-19-40)29-12-9-11-28(21-29)39(41)42/h9,11-12,15,17,20-21,23,25,30-31,37,39,45,47-48H,3-8,10,13-14,16,18-19,22,24,26,41-42H2,1-2H3/t30-,31-,37-/m1/s1. The van der Waals surface area contributed by atoms with Crippen LogP contribution in [-0.4, -0.2) is 57.7 Å². The van der Waals surface area contributed by atoms with E-state index in [4.69, 9.17) is 21.2 Å². The minimum absolute atomic E-state index is 0.0142. The van der Waals surface area contributed by atoms with Crippen LogP contribution in [0.3, 0.4) is 0 Å². The van der Waals surface area contributed by atoms with Crippen LogP contribution in [0, 0.1) is 5.92 Å². The molecule has 0 amide bonds. The molecule has 7 N–H and O–H groups in total. The monoisotopic (exact) mass is 672 g/mol. The Hall–Kier alpha value is -3.50. The molecule has 0 bridgehead atoms. The molecule has 1 saturated carbocycles. The van der Waals surface area contributed by atoms with E-state index in [1.807, 2.05) is 37.5 Å². The first kappa shape index (κ1) is 36.8. The number of nitrogens with zero attached hydrogens (tertiary/aromatic N) is 2. The van der Waals surface area contributed by atoms with Crippen LogP contribution in [0.4, 0.5) is 0 Å². The number of aromatic hydroxyl groups is 1. The predicted octanol–water partition coefficient (Wildman–Crippen LogP) is 6.30. The number of allylic oxidation sites excluding steroid dienone is 1. The van der Waals surface area contributed by atoms with Crippen molar-refractivity contribution in [1.29, 1.82) is 0 Å². The number of nitrogens with two attached hydrogens (primary N) is 2. The summed E-state index contributed by atoms with van der Waals surface area (Å²) in [7, 11) is 0. The summed E-state index contributed by atoms with van der Waals surface area (Å²) in [6.45, 7) is 5.01. The molecule has 2 aromatic rings. The summed E-state index contributed by atoms with van der Waals surface area (Å²) in [5.41, 5.74) is 18.4. The smallest absolute Gasteiger partial charge is 0.163 e. The molecule has 0 unspecified atom stereocenters. The number of unbranched alkanes of at least 4 members (excludes halogenated alkanes) is 2. The second kappa shape index (κ2) is 16.9. The van der Waals surface area contributed by atoms with Crippen molar-refractivity contribution < 1.29 is 24.9 Å². The van der Waals surface area contributed by atoms with Gasteiger partial charge in [-0.05, 0) is 72.9 Å². The van der Waals surface area contributed by atoms with Crippen molar-refractivity contribution in [2.24, 2.45) is 22.4 Å². The lowest BCUT2D eigenvalue weighted by Crippen LogP contribution is -2.32. The van der Waals surface area contributed by atoms with Gasteiger partial charge in [0.2, 0.25) is 0 Å². The minimum atomic E-state index is -0.850. The van der Waals surface area contributed by atoms with E-state index in [2.05, 4.69) is 24.0 Å². The van der Waals surface area contributed by atoms with Crippen LogP contribution in [-0.2, 0) is 16.6 Å². The van der Waals surface area contributed by atoms with E-state index in [1.165, 1.54) is 16.7 Å². The van der Waals surface area contributed by atoms with Crippen molar-refractivity contribution in [2.45, 2.75) is 121 Å². The molecule has 49 heavy (non-hydrogen) atoms. The van der Waals surface area contributed by atoms with Crippen LogP contribution in [0.5, 0.6) is 11.5 Å². The number of hydrogen-bond donors (Lipinski definition) is 5. The van der Waals surface area contributed by atoms with Gasteiger partial charge in [-0.15, -0.1) is 0 Å². The van der Waals surface area contributed by atoms with E-state index in [0.29, 0.717) is 31.6 Å². The summed E-state index contributed by atoms with van der Waals surface area (Å²) in [6.07, 6.45) is 12.4. The second-order valence-electron chi connectivity index (χ2n) is 14.2. The number of aryl methyl sites for hydroxylation is 1. The number of phenolic OH excluding ortho intramolecular Hbond substituents is 1. The van der Waals surface area contributed by atoms with Gasteiger partial charge in [-0.25, -0.2) is 0 Å². The van der Waals surface area contributed by atoms with Crippen molar-refractivity contribution in [3.63, 3.8) is 0 Å². The van der Waals surface area contributed by atoms with E-state index >= 15 is 0 Å². The Balaban J connectivity index is 1.22. The molecule has 0 aromatic heterocycles. The van der Waals surface area contributed by atoms with Gasteiger partial charge in [-0.2, -0.15) is 0 Å². The quantitative estimate of drug-likeness (QED) is 0.0860. The molecule has 0 spiro atoms. The third-order valence-corrected chi connectivity index (χ3v) is 10.6. The van der Waals surface area contributed by atoms with Crippen molar-refractivity contribution >= 4 is 12.0 Å². The van der Waals surface area contributed by atoms with Crippen LogP contribution >= 0.6 is 0 Å². The fourth-order valence-electron chi connectivity index (χ4n) is 7.87. The van der Waals surface area contributed by atoms with Crippen molar-refractivity contribution in [2.75, 3.05) is 13.3 Å². The third kappa shape index (κ3) is 8.81. The molecule has 2 heterocycles. The average Bonchev–Trinajstić information content (AvgIpc) is 3.83. The Kier molecular flexibility index (Phi) is 12.7. The van der Waals surface area contributed by atoms with E-state index < -0.39 is 24.3 Å². The highest BCUT2D eigenvalue weighted by atomic mass is 16.5. The van der Waals surface area contributed by atoms with Gasteiger partial charge in [0, 0.05) is 42.3 Å². The maximum Gasteiger partial charge on any atom is 0.163 e. The summed E-state index contributed by atoms with van der Waals surface area (Å²) in [5, 5.41) is 31.8. The Labute approximate surface area is 291 Å². The normalized spacial score (nSPS) is 18.6. The molecule has 1 aliphatic carbocycles. The fourth-order valence-corrected chi connectivity index (χ4v) is 7.87. The fraction of sp³-hybridized carbons (Fsp3) is 0.550. The van der Waals surface area contributed by atoms with Crippen LogP contribution in [0.1, 0.15) is 114 Å². The van der Waals surface area contributed by atoms with Crippen LogP contribution < -0.4 is 16.2 Å². The van der Waals surface area contributed by atoms with Gasteiger partial charge in [0.1, 0.15) is 5.78 Å². The van der Waals surface area contributed by atoms with Gasteiger partial charge < -0.3 is 36.4 Å². The van der Waals surface area contributed by atoms with Gasteiger partial charge in [-0.1, -0.05) is 82.7 Å². The molecular formula is C40H56N4O5. The van der Waals surface area contributed by atoms with Gasteiger partial charge in [-0.3, -0.25) is 9.79 Å². The Morgan fingerprint density at radius 1 is 1.04 bits per heavy atom. The summed E-state index contributed by atoms with van der Waals surface area (Å²) < 4.78 is 6.14. The SMILES string of the molecule is CCCCC[C@H](C(=O)CCc1ccc(O)c(OCN2C=C3N=CC(C4(c5cccc(C(N)N)c5)CCCC4)=C3C2)c1)[C@H](O)C[C@H](O)CCC. The first-order valence-corrected chi connectivity index (χ1v) is 18.3. The highest BCUT2D eigenvalue weighted by molar-refractivity contribution is 5.90. The van der Waals surface area contributed by atoms with Crippen LogP contribution in [0.25, 0.3) is 0 Å². The van der Waals surface area contributed by atoms with Crippen molar-refractivity contribution in [1.82, 2.24) is 4.90 Å². The number of aliphatic hydroxyl groups excluding tert-OH is 2. The second-order valence-corrected chi connectivity index (χ2v) is 14.2. The first-order chi connectivity index (χ1) is 23.6. The average molecular weight is 673 g/mol. The number of carbonyl (C=O) groups is 1.